The molecule has 2 amide bonds. The zero-order valence-electron chi connectivity index (χ0n) is 21.7. The third-order valence-electron chi connectivity index (χ3n) is 6.02. The molecule has 0 saturated carbocycles. The number of rotatable bonds is 10. The molecule has 1 aromatic carbocycles. The second-order valence-corrected chi connectivity index (χ2v) is 8.60. The van der Waals surface area contributed by atoms with Crippen molar-refractivity contribution < 1.29 is 38.9 Å². The average Bonchev–Trinajstić information content (AvgIpc) is 3.31. The molecule has 1 unspecified atom stereocenters. The van der Waals surface area contributed by atoms with Gasteiger partial charge in [-0.3, -0.25) is 14.4 Å². The van der Waals surface area contributed by atoms with Gasteiger partial charge in [0.2, 0.25) is 0 Å². The standard InChI is InChI=1S/C22H27FN4O2.C4H6O5/c1-5-27(6-2)10-9-24-22(29)20-13(3)19(25-14(20)4)12-17-16-11-15(23)7-8-18(16)26-21(17)28;5-2(4(8)9)1-3(6)7/h7-8,11-12,25H,5-6,9-10H2,1-4H3,(H,24,29)(H,26,28);2,5H,1H2,(H,6,7)(H,8,9)/b17-12-;. The summed E-state index contributed by atoms with van der Waals surface area (Å²) in [6.45, 7) is 11.1. The lowest BCUT2D eigenvalue weighted by atomic mass is 10.0. The maximum atomic E-state index is 13.7. The first kappa shape index (κ1) is 30.2. The summed E-state index contributed by atoms with van der Waals surface area (Å²) in [4.78, 5) is 49.9. The Bertz CT molecular complexity index is 1230. The van der Waals surface area contributed by atoms with E-state index in [4.69, 9.17) is 15.3 Å². The van der Waals surface area contributed by atoms with Crippen LogP contribution in [0.2, 0.25) is 0 Å². The van der Waals surface area contributed by atoms with Crippen LogP contribution in [0.15, 0.2) is 18.2 Å². The molecule has 12 heteroatoms. The van der Waals surface area contributed by atoms with Crippen molar-refractivity contribution in [2.24, 2.45) is 0 Å². The molecule has 1 aromatic heterocycles. The summed E-state index contributed by atoms with van der Waals surface area (Å²) in [6, 6.07) is 4.20. The lowest BCUT2D eigenvalue weighted by Crippen LogP contribution is -2.35. The van der Waals surface area contributed by atoms with Gasteiger partial charge in [-0.1, -0.05) is 13.8 Å². The van der Waals surface area contributed by atoms with Crippen LogP contribution in [-0.2, 0) is 14.4 Å². The van der Waals surface area contributed by atoms with Crippen LogP contribution < -0.4 is 10.6 Å². The largest absolute Gasteiger partial charge is 0.481 e. The molecule has 2 heterocycles. The summed E-state index contributed by atoms with van der Waals surface area (Å²) in [5.41, 5.74) is 4.20. The zero-order valence-corrected chi connectivity index (χ0v) is 21.7. The van der Waals surface area contributed by atoms with Gasteiger partial charge in [0.05, 0.1) is 17.6 Å². The minimum atomic E-state index is -1.79. The summed E-state index contributed by atoms with van der Waals surface area (Å²) in [5.74, 6) is -3.68. The second kappa shape index (κ2) is 13.5. The third kappa shape index (κ3) is 7.73. The van der Waals surface area contributed by atoms with Gasteiger partial charge < -0.3 is 35.8 Å². The lowest BCUT2D eigenvalue weighted by molar-refractivity contribution is -0.152. The Hall–Kier alpha value is -4.03. The normalized spacial score (nSPS) is 14.0. The third-order valence-corrected chi connectivity index (χ3v) is 6.02. The topological polar surface area (TPSA) is 172 Å². The predicted molar refractivity (Wildman–Crippen MR) is 139 cm³/mol. The maximum absolute atomic E-state index is 13.7. The van der Waals surface area contributed by atoms with Crippen LogP contribution in [0.5, 0.6) is 0 Å². The number of anilines is 1. The van der Waals surface area contributed by atoms with Gasteiger partial charge in [-0.05, 0) is 56.8 Å². The smallest absolute Gasteiger partial charge is 0.333 e. The zero-order chi connectivity index (χ0) is 28.6. The van der Waals surface area contributed by atoms with E-state index in [2.05, 4.69) is 34.4 Å². The van der Waals surface area contributed by atoms with E-state index in [1.807, 2.05) is 13.8 Å². The van der Waals surface area contributed by atoms with Crippen molar-refractivity contribution in [1.29, 1.82) is 0 Å². The first-order valence-corrected chi connectivity index (χ1v) is 12.0. The molecular weight excluding hydrogens is 499 g/mol. The first-order chi connectivity index (χ1) is 17.9. The van der Waals surface area contributed by atoms with Crippen LogP contribution >= 0.6 is 0 Å². The number of benzene rings is 1. The van der Waals surface area contributed by atoms with E-state index in [1.54, 1.807) is 12.1 Å². The van der Waals surface area contributed by atoms with Gasteiger partial charge in [-0.2, -0.15) is 0 Å². The minimum Gasteiger partial charge on any atom is -0.481 e. The Balaban J connectivity index is 0.000000484. The number of hydrogen-bond donors (Lipinski definition) is 6. The van der Waals surface area contributed by atoms with Gasteiger partial charge in [-0.15, -0.1) is 0 Å². The Labute approximate surface area is 219 Å². The molecule has 0 radical (unpaired) electrons. The number of aryl methyl sites for hydroxylation is 1. The number of aliphatic hydroxyl groups is 1. The number of H-pyrrole nitrogens is 1. The van der Waals surface area contributed by atoms with Gasteiger partial charge >= 0.3 is 11.9 Å². The Morgan fingerprint density at radius 2 is 1.82 bits per heavy atom. The number of carbonyl (C=O) groups excluding carboxylic acids is 2. The highest BCUT2D eigenvalue weighted by molar-refractivity contribution is 6.34. The van der Waals surface area contributed by atoms with Crippen LogP contribution in [0.1, 0.15) is 53.1 Å². The van der Waals surface area contributed by atoms with Crippen molar-refractivity contribution >= 4 is 41.1 Å². The quantitative estimate of drug-likeness (QED) is 0.253. The summed E-state index contributed by atoms with van der Waals surface area (Å²) in [7, 11) is 0. The number of carboxylic acids is 2. The number of aromatic nitrogens is 1. The van der Waals surface area contributed by atoms with E-state index in [0.29, 0.717) is 34.6 Å². The number of fused-ring (bicyclic) bond motifs is 1. The Morgan fingerprint density at radius 1 is 1.16 bits per heavy atom. The fraction of sp³-hybridized carbons (Fsp3) is 0.385. The van der Waals surface area contributed by atoms with Gasteiger partial charge in [0, 0.05) is 35.7 Å². The van der Waals surface area contributed by atoms with Crippen LogP contribution in [0.4, 0.5) is 10.1 Å². The minimum absolute atomic E-state index is 0.143. The number of aliphatic carboxylic acids is 2. The van der Waals surface area contributed by atoms with E-state index in [0.717, 1.165) is 30.9 Å². The molecule has 38 heavy (non-hydrogen) atoms. The number of carbonyl (C=O) groups is 4. The molecule has 2 aromatic rings. The number of carboxylic acid groups (broad SMARTS) is 2. The van der Waals surface area contributed by atoms with Crippen molar-refractivity contribution in [2.45, 2.75) is 40.2 Å². The second-order valence-electron chi connectivity index (χ2n) is 8.60. The van der Waals surface area contributed by atoms with Crippen molar-refractivity contribution in [1.82, 2.24) is 15.2 Å². The highest BCUT2D eigenvalue weighted by Crippen LogP contribution is 2.34. The van der Waals surface area contributed by atoms with Gasteiger partial charge in [0.25, 0.3) is 11.8 Å². The summed E-state index contributed by atoms with van der Waals surface area (Å²) >= 11 is 0. The van der Waals surface area contributed by atoms with Gasteiger partial charge in [0.15, 0.2) is 6.10 Å². The summed E-state index contributed by atoms with van der Waals surface area (Å²) in [6.07, 6.45) is -0.868. The number of hydrogen-bond acceptors (Lipinski definition) is 6. The Morgan fingerprint density at radius 3 is 2.37 bits per heavy atom. The van der Waals surface area contributed by atoms with E-state index < -0.39 is 30.3 Å². The predicted octanol–water partition coefficient (Wildman–Crippen LogP) is 2.24. The van der Waals surface area contributed by atoms with Crippen molar-refractivity contribution in [2.75, 3.05) is 31.5 Å². The number of nitrogens with zero attached hydrogens (tertiary/aromatic N) is 1. The first-order valence-electron chi connectivity index (χ1n) is 12.0. The van der Waals surface area contributed by atoms with Crippen molar-refractivity contribution in [3.63, 3.8) is 0 Å². The van der Waals surface area contributed by atoms with E-state index in [1.165, 1.54) is 12.1 Å². The Kier molecular flexibility index (Phi) is 10.7. The van der Waals surface area contributed by atoms with Crippen LogP contribution in [0.25, 0.3) is 11.6 Å². The highest BCUT2D eigenvalue weighted by Gasteiger charge is 2.26. The fourth-order valence-electron chi connectivity index (χ4n) is 3.92. The molecule has 0 bridgehead atoms. The number of nitrogens with one attached hydrogen (secondary N) is 3. The lowest BCUT2D eigenvalue weighted by Gasteiger charge is -2.18. The van der Waals surface area contributed by atoms with Crippen molar-refractivity contribution in [3.05, 3.63) is 52.1 Å². The molecule has 0 saturated heterocycles. The molecule has 11 nitrogen and oxygen atoms in total. The molecule has 3 rings (SSSR count). The molecule has 0 aliphatic carbocycles. The van der Waals surface area contributed by atoms with E-state index in [-0.39, 0.29) is 11.8 Å². The molecule has 0 fully saturated rings. The molecular formula is C26H33FN4O7. The van der Waals surface area contributed by atoms with Crippen molar-refractivity contribution in [3.8, 4) is 0 Å². The number of halogens is 1. The molecule has 1 aliphatic rings. The number of aliphatic hydroxyl groups excluding tert-OH is 1. The fourth-order valence-corrected chi connectivity index (χ4v) is 3.92. The molecule has 206 valence electrons. The molecule has 1 aliphatic heterocycles. The van der Waals surface area contributed by atoms with Crippen LogP contribution in [0.3, 0.4) is 0 Å². The van der Waals surface area contributed by atoms with Crippen LogP contribution in [-0.4, -0.2) is 81.2 Å². The SMILES string of the molecule is CCN(CC)CCNC(=O)c1c(C)[nH]c(/C=C2\C(=O)Nc3ccc(F)cc32)c1C.O=C(O)CC(O)C(=O)O. The van der Waals surface area contributed by atoms with Gasteiger partial charge in [-0.25, -0.2) is 9.18 Å². The molecule has 0 spiro atoms. The van der Waals surface area contributed by atoms with E-state index >= 15 is 0 Å². The molecule has 6 N–H and O–H groups in total. The van der Waals surface area contributed by atoms with E-state index in [9.17, 15) is 23.6 Å². The molecule has 1 atom stereocenters. The monoisotopic (exact) mass is 532 g/mol. The summed E-state index contributed by atoms with van der Waals surface area (Å²) < 4.78 is 13.7. The number of aromatic amines is 1. The van der Waals surface area contributed by atoms with Crippen LogP contribution in [0, 0.1) is 19.7 Å². The summed E-state index contributed by atoms with van der Waals surface area (Å²) in [5, 5.41) is 29.8. The maximum Gasteiger partial charge on any atom is 0.333 e. The number of likely N-dealkylation sites (N-methyl/N-ethyl adjacent to an activating group) is 1. The average molecular weight is 533 g/mol. The van der Waals surface area contributed by atoms with Gasteiger partial charge in [0.1, 0.15) is 5.82 Å². The number of amides is 2. The highest BCUT2D eigenvalue weighted by atomic mass is 19.1.